The Kier molecular flexibility index (Phi) is 5.11. The molecule has 0 radical (unpaired) electrons. The molecular formula is C19H25N3O3S2. The van der Waals surface area contributed by atoms with Crippen LogP contribution in [0.15, 0.2) is 23.1 Å². The summed E-state index contributed by atoms with van der Waals surface area (Å²) < 4.78 is 24.9. The largest absolute Gasteiger partial charge is 0.345 e. The lowest BCUT2D eigenvalue weighted by molar-refractivity contribution is -0.136. The number of carbonyl (C=O) groups excluding carboxylic acids is 1. The third kappa shape index (κ3) is 3.82. The first-order valence-electron chi connectivity index (χ1n) is 9.57. The zero-order valence-corrected chi connectivity index (χ0v) is 17.2. The summed E-state index contributed by atoms with van der Waals surface area (Å²) in [5.74, 6) is 0.531. The molecule has 8 heteroatoms. The Morgan fingerprint density at radius 1 is 1.11 bits per heavy atom. The van der Waals surface area contributed by atoms with Gasteiger partial charge in [-0.1, -0.05) is 36.7 Å². The molecule has 2 aromatic rings. The van der Waals surface area contributed by atoms with Crippen LogP contribution in [-0.4, -0.2) is 56.6 Å². The molecule has 1 aromatic carbocycles. The normalized spacial score (nSPS) is 19.6. The topological polar surface area (TPSA) is 70.6 Å². The van der Waals surface area contributed by atoms with E-state index in [0.717, 1.165) is 35.8 Å². The van der Waals surface area contributed by atoms with Gasteiger partial charge in [-0.25, -0.2) is 13.4 Å². The number of amides is 1. The van der Waals surface area contributed by atoms with Gasteiger partial charge in [-0.3, -0.25) is 4.79 Å². The number of thiazole rings is 1. The lowest BCUT2D eigenvalue weighted by Crippen LogP contribution is -2.50. The van der Waals surface area contributed by atoms with Crippen molar-refractivity contribution in [2.75, 3.05) is 37.3 Å². The molecule has 1 aromatic heterocycles. The molecule has 0 N–H and O–H groups in total. The van der Waals surface area contributed by atoms with Gasteiger partial charge in [-0.2, -0.15) is 0 Å². The second-order valence-corrected chi connectivity index (χ2v) is 10.5. The average molecular weight is 408 g/mol. The van der Waals surface area contributed by atoms with E-state index in [0.29, 0.717) is 24.5 Å². The lowest BCUT2D eigenvalue weighted by atomic mass is 9.88. The minimum Gasteiger partial charge on any atom is -0.345 e. The first kappa shape index (κ1) is 18.7. The summed E-state index contributed by atoms with van der Waals surface area (Å²) in [6.45, 7) is 2.91. The summed E-state index contributed by atoms with van der Waals surface area (Å²) >= 11 is 1.52. The Hall–Kier alpha value is -1.67. The standard InChI is InChI=1S/C19H25N3O3S2/c1-27(24,25)16-9-5-8-15-17(16)20-19(26-15)22-12-10-21(11-13-22)18(23)14-6-3-2-4-7-14/h5,8-9,14H,2-4,6-7,10-13H2,1H3. The molecule has 0 bridgehead atoms. The monoisotopic (exact) mass is 407 g/mol. The number of aromatic nitrogens is 1. The maximum absolute atomic E-state index is 12.7. The van der Waals surface area contributed by atoms with Crippen LogP contribution in [0, 0.1) is 5.92 Å². The maximum Gasteiger partial charge on any atom is 0.225 e. The highest BCUT2D eigenvalue weighted by molar-refractivity contribution is 7.91. The molecule has 0 spiro atoms. The summed E-state index contributed by atoms with van der Waals surface area (Å²) in [5, 5.41) is 0.839. The molecule has 6 nitrogen and oxygen atoms in total. The zero-order valence-electron chi connectivity index (χ0n) is 15.6. The highest BCUT2D eigenvalue weighted by Crippen LogP contribution is 2.33. The van der Waals surface area contributed by atoms with Crippen LogP contribution in [0.5, 0.6) is 0 Å². The molecule has 27 heavy (non-hydrogen) atoms. The fourth-order valence-corrected chi connectivity index (χ4v) is 6.01. The van der Waals surface area contributed by atoms with Crippen LogP contribution >= 0.6 is 11.3 Å². The van der Waals surface area contributed by atoms with Crippen molar-refractivity contribution in [1.29, 1.82) is 0 Å². The molecule has 4 rings (SSSR count). The smallest absolute Gasteiger partial charge is 0.225 e. The van der Waals surface area contributed by atoms with Crippen LogP contribution in [0.3, 0.4) is 0 Å². The van der Waals surface area contributed by atoms with E-state index in [1.54, 1.807) is 12.1 Å². The number of hydrogen-bond acceptors (Lipinski definition) is 6. The average Bonchev–Trinajstić information content (AvgIpc) is 3.11. The molecule has 1 saturated heterocycles. The van der Waals surface area contributed by atoms with E-state index in [2.05, 4.69) is 9.88 Å². The van der Waals surface area contributed by atoms with E-state index in [-0.39, 0.29) is 10.8 Å². The number of rotatable bonds is 3. The summed E-state index contributed by atoms with van der Waals surface area (Å²) in [7, 11) is -3.31. The molecule has 1 saturated carbocycles. The van der Waals surface area contributed by atoms with Crippen LogP contribution in [-0.2, 0) is 14.6 Å². The third-order valence-corrected chi connectivity index (χ3v) is 7.80. The fourth-order valence-electron chi connectivity index (χ4n) is 4.07. The Bertz CT molecular complexity index is 940. The summed E-state index contributed by atoms with van der Waals surface area (Å²) in [5.41, 5.74) is 0.556. The van der Waals surface area contributed by atoms with Crippen molar-refractivity contribution in [3.63, 3.8) is 0 Å². The Morgan fingerprint density at radius 3 is 2.48 bits per heavy atom. The third-order valence-electron chi connectivity index (χ3n) is 5.59. The number of benzene rings is 1. The van der Waals surface area contributed by atoms with Crippen LogP contribution in [0.2, 0.25) is 0 Å². The predicted octanol–water partition coefficient (Wildman–Crippen LogP) is 2.93. The van der Waals surface area contributed by atoms with E-state index < -0.39 is 9.84 Å². The SMILES string of the molecule is CS(=O)(=O)c1cccc2sc(N3CCN(C(=O)C4CCCCC4)CC3)nc12. The van der Waals surface area contributed by atoms with Crippen molar-refractivity contribution in [3.05, 3.63) is 18.2 Å². The van der Waals surface area contributed by atoms with Crippen molar-refractivity contribution < 1.29 is 13.2 Å². The number of sulfone groups is 1. The number of hydrogen-bond donors (Lipinski definition) is 0. The number of piperazine rings is 1. The molecule has 1 amide bonds. The number of fused-ring (bicyclic) bond motifs is 1. The van der Waals surface area contributed by atoms with Crippen LogP contribution < -0.4 is 4.90 Å². The molecule has 0 atom stereocenters. The minimum absolute atomic E-state index is 0.213. The van der Waals surface area contributed by atoms with Crippen LogP contribution in [0.25, 0.3) is 10.2 Å². The maximum atomic E-state index is 12.7. The van der Waals surface area contributed by atoms with Gasteiger partial charge in [0.05, 0.1) is 9.60 Å². The second kappa shape index (κ2) is 7.39. The molecule has 2 heterocycles. The van der Waals surface area contributed by atoms with E-state index in [1.807, 2.05) is 11.0 Å². The number of carbonyl (C=O) groups is 1. The predicted molar refractivity (Wildman–Crippen MR) is 108 cm³/mol. The van der Waals surface area contributed by atoms with Gasteiger partial charge in [0, 0.05) is 38.4 Å². The molecule has 2 fully saturated rings. The van der Waals surface area contributed by atoms with Gasteiger partial charge in [-0.15, -0.1) is 0 Å². The van der Waals surface area contributed by atoms with Gasteiger partial charge in [0.2, 0.25) is 5.91 Å². The summed E-state index contributed by atoms with van der Waals surface area (Å²) in [6.07, 6.45) is 6.88. The van der Waals surface area contributed by atoms with Crippen LogP contribution in [0.1, 0.15) is 32.1 Å². The van der Waals surface area contributed by atoms with Gasteiger partial charge in [0.25, 0.3) is 0 Å². The Labute approximate surface area is 164 Å². The summed E-state index contributed by atoms with van der Waals surface area (Å²) in [6, 6.07) is 5.29. The van der Waals surface area contributed by atoms with E-state index in [1.165, 1.54) is 36.9 Å². The highest BCUT2D eigenvalue weighted by atomic mass is 32.2. The second-order valence-electron chi connectivity index (χ2n) is 7.52. The molecule has 2 aliphatic rings. The summed E-state index contributed by atoms with van der Waals surface area (Å²) in [4.78, 5) is 21.8. The number of anilines is 1. The van der Waals surface area contributed by atoms with Gasteiger partial charge in [0.1, 0.15) is 5.52 Å². The Balaban J connectivity index is 1.47. The highest BCUT2D eigenvalue weighted by Gasteiger charge is 2.29. The van der Waals surface area contributed by atoms with E-state index >= 15 is 0 Å². The van der Waals surface area contributed by atoms with Crippen molar-refractivity contribution in [1.82, 2.24) is 9.88 Å². The Morgan fingerprint density at radius 2 is 1.81 bits per heavy atom. The van der Waals surface area contributed by atoms with Crippen molar-refractivity contribution >= 4 is 42.4 Å². The van der Waals surface area contributed by atoms with Gasteiger partial charge < -0.3 is 9.80 Å². The van der Waals surface area contributed by atoms with E-state index in [4.69, 9.17) is 0 Å². The van der Waals surface area contributed by atoms with Crippen LogP contribution in [0.4, 0.5) is 5.13 Å². The van der Waals surface area contributed by atoms with Gasteiger partial charge >= 0.3 is 0 Å². The van der Waals surface area contributed by atoms with Crippen molar-refractivity contribution in [2.24, 2.45) is 5.92 Å². The zero-order chi connectivity index (χ0) is 19.0. The number of nitrogens with zero attached hydrogens (tertiary/aromatic N) is 3. The van der Waals surface area contributed by atoms with Gasteiger partial charge in [-0.05, 0) is 25.0 Å². The van der Waals surface area contributed by atoms with Gasteiger partial charge in [0.15, 0.2) is 15.0 Å². The molecular weight excluding hydrogens is 382 g/mol. The molecule has 146 valence electrons. The molecule has 0 unspecified atom stereocenters. The van der Waals surface area contributed by atoms with E-state index in [9.17, 15) is 13.2 Å². The number of para-hydroxylation sites is 1. The molecule has 1 aliphatic heterocycles. The van der Waals surface area contributed by atoms with Crippen molar-refractivity contribution in [3.8, 4) is 0 Å². The minimum atomic E-state index is -3.31. The fraction of sp³-hybridized carbons (Fsp3) is 0.579. The first-order valence-corrected chi connectivity index (χ1v) is 12.3. The molecule has 1 aliphatic carbocycles. The lowest BCUT2D eigenvalue weighted by Gasteiger charge is -2.37. The first-order chi connectivity index (χ1) is 12.9. The van der Waals surface area contributed by atoms with Crippen molar-refractivity contribution in [2.45, 2.75) is 37.0 Å². The quantitative estimate of drug-likeness (QED) is 0.782.